The molecule has 1 heteroatoms. The molecular weight excluding hydrogens is 124 g/mol. The molecule has 0 saturated heterocycles. The zero-order valence-electron chi connectivity index (χ0n) is 16.0. The lowest BCUT2D eigenvalue weighted by Crippen LogP contribution is -1.82. The summed E-state index contributed by atoms with van der Waals surface area (Å²) in [6.45, 7) is -7.88. The van der Waals surface area contributed by atoms with Gasteiger partial charge in [-0.25, -0.2) is 0 Å². The van der Waals surface area contributed by atoms with Crippen molar-refractivity contribution in [1.82, 2.24) is 0 Å². The Morgan fingerprint density at radius 1 is 1.60 bits per heavy atom. The second kappa shape index (κ2) is 2.33. The predicted octanol–water partition coefficient (Wildman–Crippen LogP) is 2.32. The van der Waals surface area contributed by atoms with E-state index in [0.717, 1.165) is 0 Å². The van der Waals surface area contributed by atoms with Gasteiger partial charge in [0.15, 0.2) is 0 Å². The van der Waals surface area contributed by atoms with Crippen LogP contribution in [-0.2, 0) is 0 Å². The molecule has 1 nitrogen and oxygen atoms in total. The Hall–Kier alpha value is -0.980. The fraction of sp³-hybridized carbons (Fsp3) is 0.333. The topological polar surface area (TPSA) is 20.2 Å². The van der Waals surface area contributed by atoms with Crippen LogP contribution in [0.15, 0.2) is 12.1 Å². The Morgan fingerprint density at radius 3 is 3.20 bits per heavy atom. The van der Waals surface area contributed by atoms with E-state index >= 15 is 0 Å². The molecule has 0 radical (unpaired) electrons. The minimum atomic E-state index is -2.98. The number of aromatic hydroxyl groups is 1. The van der Waals surface area contributed by atoms with E-state index < -0.39 is 55.1 Å². The monoisotopic (exact) mass is 147 g/mol. The van der Waals surface area contributed by atoms with Crippen molar-refractivity contribution in [2.24, 2.45) is 0 Å². The molecule has 0 aliphatic heterocycles. The summed E-state index contributed by atoms with van der Waals surface area (Å²) in [6.07, 6.45) is 0. The first-order valence-corrected chi connectivity index (χ1v) is 2.49. The Labute approximate surface area is 76.9 Å². The van der Waals surface area contributed by atoms with E-state index in [-0.39, 0.29) is 0 Å². The van der Waals surface area contributed by atoms with Crippen LogP contribution in [-0.4, -0.2) is 6.54 Å². The molecule has 1 N–H and O–H groups in total. The van der Waals surface area contributed by atoms with Gasteiger partial charge in [0.2, 0.25) is 0 Å². The molecule has 0 heterocycles. The van der Waals surface area contributed by atoms with Crippen molar-refractivity contribution in [2.75, 3.05) is 0 Å². The van der Waals surface area contributed by atoms with Gasteiger partial charge >= 0.3 is 0 Å². The number of hydrogen-bond donors (Lipinski definition) is 1. The second-order valence-electron chi connectivity index (χ2n) is 1.74. The maximum atomic E-state index is 7.78. The minimum Gasteiger partial charge on any atom is -0.508 e. The summed E-state index contributed by atoms with van der Waals surface area (Å²) in [5, 5.41) is 4.10. The van der Waals surface area contributed by atoms with E-state index in [1.807, 2.05) is 0 Å². The molecular formula is C9H12O. The van der Waals surface area contributed by atoms with Crippen molar-refractivity contribution in [2.45, 2.75) is 20.6 Å². The minimum absolute atomic E-state index is 0.659. The number of benzene rings is 1. The highest BCUT2D eigenvalue weighted by atomic mass is 16.3. The molecule has 0 atom stereocenters. The quantitative estimate of drug-likeness (QED) is 0.646. The molecule has 0 spiro atoms. The molecule has 0 saturated carbocycles. The average Bonchev–Trinajstić information content (AvgIpc) is 2.23. The smallest absolute Gasteiger partial charge is 0.293 e. The maximum absolute atomic E-state index is 7.78. The van der Waals surface area contributed by atoms with Gasteiger partial charge in [-0.1, -0.05) is 6.04 Å². The SMILES string of the molecule is [2H]Oc1c([2H])c(C([2H])([2H])[2H])c([2H])c(C([2H])([2H])[2H])c1C([2H])[2H]. The van der Waals surface area contributed by atoms with Gasteiger partial charge in [-0.3, -0.25) is 0 Å². The lowest BCUT2D eigenvalue weighted by atomic mass is 10.1. The molecule has 54 valence electrons. The zero-order valence-corrected chi connectivity index (χ0v) is 4.99. The highest BCUT2D eigenvalue weighted by molar-refractivity contribution is 5.40. The van der Waals surface area contributed by atoms with E-state index in [0.29, 0.717) is 0 Å². The van der Waals surface area contributed by atoms with Gasteiger partial charge in [0.1, 0.15) is 5.75 Å². The van der Waals surface area contributed by atoms with Crippen LogP contribution in [0.5, 0.6) is 5.75 Å². The van der Waals surface area contributed by atoms with Crippen LogP contribution in [0.25, 0.3) is 0 Å². The Morgan fingerprint density at radius 2 is 2.60 bits per heavy atom. The summed E-state index contributed by atoms with van der Waals surface area (Å²) in [5.41, 5.74) is -2.38. The number of hydrogen-bond acceptors (Lipinski definition) is 1. The highest BCUT2D eigenvalue weighted by Crippen LogP contribution is 2.20. The van der Waals surface area contributed by atoms with Crippen LogP contribution in [0.4, 0.5) is 0 Å². The molecule has 1 rings (SSSR count). The van der Waals surface area contributed by atoms with Crippen LogP contribution >= 0.6 is 0 Å². The van der Waals surface area contributed by atoms with Gasteiger partial charge in [0.05, 0.1) is 2.74 Å². The van der Waals surface area contributed by atoms with Gasteiger partial charge < -0.3 is 5.11 Å². The molecule has 0 amide bonds. The molecule has 0 aliphatic carbocycles. The molecule has 1 aromatic carbocycles. The van der Waals surface area contributed by atoms with E-state index in [9.17, 15) is 0 Å². The predicted molar refractivity (Wildman–Crippen MR) is 42.3 cm³/mol. The first-order chi connectivity index (χ1) is 9.34. The lowest BCUT2D eigenvalue weighted by Gasteiger charge is -2.03. The Kier molecular flexibility index (Phi) is 0.337. The van der Waals surface area contributed by atoms with E-state index in [1.165, 1.54) is 0 Å². The number of phenolic OH excluding ortho intramolecular Hbond substituents is 1. The van der Waals surface area contributed by atoms with Gasteiger partial charge in [-0.2, -0.15) is 0 Å². The van der Waals surface area contributed by atoms with Crippen LogP contribution < -0.4 is 0 Å². The molecule has 0 bridgehead atoms. The van der Waals surface area contributed by atoms with Crippen molar-refractivity contribution in [1.29, 1.82) is 1.43 Å². The van der Waals surface area contributed by atoms with Crippen molar-refractivity contribution in [3.05, 3.63) is 28.8 Å². The standard InChI is InChI=1S/C9H12O/c1-6-4-7(2)8(3)9(10)5-6/h4-5,10H,1-3H3/i1D3,2D3,3D2,4D,5D/hD. The van der Waals surface area contributed by atoms with Crippen molar-refractivity contribution in [3.63, 3.8) is 0 Å². The Balaban J connectivity index is 4.02. The van der Waals surface area contributed by atoms with Gasteiger partial charge in [-0.15, -0.1) is 0 Å². The van der Waals surface area contributed by atoms with Crippen molar-refractivity contribution in [3.8, 4) is 5.75 Å². The average molecular weight is 147 g/mol. The van der Waals surface area contributed by atoms with Crippen molar-refractivity contribution >= 4 is 0 Å². The summed E-state index contributed by atoms with van der Waals surface area (Å²) in [7, 11) is 0. The van der Waals surface area contributed by atoms with Crippen LogP contribution in [0.2, 0.25) is 0 Å². The fourth-order valence-corrected chi connectivity index (χ4v) is 0.518. The summed E-state index contributed by atoms with van der Waals surface area (Å²) in [6, 6.07) is -1.82. The summed E-state index contributed by atoms with van der Waals surface area (Å²) in [5.74, 6) is -0.793. The zero-order chi connectivity index (χ0) is 16.7. The molecule has 0 fully saturated rings. The van der Waals surface area contributed by atoms with Crippen molar-refractivity contribution < 1.29 is 18.8 Å². The number of rotatable bonds is 1. The van der Waals surface area contributed by atoms with E-state index in [2.05, 4.69) is 5.11 Å². The van der Waals surface area contributed by atoms with E-state index in [4.69, 9.17) is 15.1 Å². The molecule has 10 heavy (non-hydrogen) atoms. The second-order valence-corrected chi connectivity index (χ2v) is 1.74. The van der Waals surface area contributed by atoms with Gasteiger partial charge in [-0.05, 0) is 43.3 Å². The first-order valence-electron chi connectivity index (χ1n) is 8.06. The fourth-order valence-electron chi connectivity index (χ4n) is 0.518. The third kappa shape index (κ3) is 1.13. The maximum Gasteiger partial charge on any atom is 0.293 e. The number of phenols is 1. The van der Waals surface area contributed by atoms with Crippen LogP contribution in [0.3, 0.4) is 0 Å². The third-order valence-corrected chi connectivity index (χ3v) is 1.00. The first kappa shape index (κ1) is 1.45. The normalized spacial score (nSPS) is 28.3. The molecule has 0 unspecified atom stereocenters. The largest absolute Gasteiger partial charge is 0.508 e. The van der Waals surface area contributed by atoms with E-state index in [1.54, 1.807) is 0 Å². The summed E-state index contributed by atoms with van der Waals surface area (Å²) >= 11 is 0. The summed E-state index contributed by atoms with van der Waals surface area (Å²) < 4.78 is 81.1. The third-order valence-electron chi connectivity index (χ3n) is 1.00. The molecule has 0 aromatic heterocycles. The van der Waals surface area contributed by atoms with Gasteiger partial charge in [0.25, 0.3) is 1.43 Å². The van der Waals surface area contributed by atoms with Crippen LogP contribution in [0.1, 0.15) is 30.4 Å². The lowest BCUT2D eigenvalue weighted by molar-refractivity contribution is 0.470. The highest BCUT2D eigenvalue weighted by Gasteiger charge is 1.98. The Bertz CT molecular complexity index is 542. The van der Waals surface area contributed by atoms with Gasteiger partial charge in [0, 0.05) is 11.0 Å². The molecule has 1 aromatic rings. The summed E-state index contributed by atoms with van der Waals surface area (Å²) in [4.78, 5) is 0. The molecule has 0 aliphatic rings. The van der Waals surface area contributed by atoms with Crippen LogP contribution in [0, 0.1) is 20.6 Å².